The van der Waals surface area contributed by atoms with Crippen LogP contribution in [0.25, 0.3) is 21.7 Å². The van der Waals surface area contributed by atoms with Crippen molar-refractivity contribution >= 4 is 33.1 Å². The second kappa shape index (κ2) is 5.03. The molecule has 0 aliphatic carbocycles. The number of aromatic nitrogens is 2. The maximum Gasteiger partial charge on any atom is 0.138 e. The van der Waals surface area contributed by atoms with E-state index >= 15 is 0 Å². The second-order valence-electron chi connectivity index (χ2n) is 4.34. The highest BCUT2D eigenvalue weighted by Crippen LogP contribution is 2.38. The van der Waals surface area contributed by atoms with Crippen molar-refractivity contribution in [3.8, 4) is 21.7 Å². The van der Waals surface area contributed by atoms with Gasteiger partial charge in [-0.25, -0.2) is 4.39 Å². The minimum Gasteiger partial charge on any atom is -0.383 e. The molecule has 2 N–H and O–H groups in total. The van der Waals surface area contributed by atoms with Crippen LogP contribution in [0.4, 0.5) is 10.2 Å². The number of halogens is 2. The van der Waals surface area contributed by atoms with Gasteiger partial charge in [-0.05, 0) is 39.5 Å². The van der Waals surface area contributed by atoms with Gasteiger partial charge in [-0.2, -0.15) is 5.10 Å². The van der Waals surface area contributed by atoms with Gasteiger partial charge in [0.05, 0.1) is 10.0 Å². The number of nitrogens with two attached hydrogens (primary N) is 1. The average molecular weight is 352 g/mol. The van der Waals surface area contributed by atoms with E-state index in [1.807, 2.05) is 23.6 Å². The van der Waals surface area contributed by atoms with Crippen LogP contribution in [0.5, 0.6) is 0 Å². The molecule has 6 heteroatoms. The van der Waals surface area contributed by atoms with E-state index in [9.17, 15) is 4.39 Å². The van der Waals surface area contributed by atoms with Gasteiger partial charge in [0, 0.05) is 17.5 Å². The number of thiophene rings is 1. The number of rotatable bonds is 2. The van der Waals surface area contributed by atoms with Crippen molar-refractivity contribution in [1.82, 2.24) is 9.78 Å². The van der Waals surface area contributed by atoms with Crippen molar-refractivity contribution in [3.05, 3.63) is 46.0 Å². The van der Waals surface area contributed by atoms with Gasteiger partial charge in [-0.15, -0.1) is 11.3 Å². The highest BCUT2D eigenvalue weighted by atomic mass is 79.9. The summed E-state index contributed by atoms with van der Waals surface area (Å²) < 4.78 is 15.8. The fourth-order valence-electron chi connectivity index (χ4n) is 2.05. The van der Waals surface area contributed by atoms with Crippen LogP contribution < -0.4 is 5.73 Å². The first-order chi connectivity index (χ1) is 9.58. The minimum absolute atomic E-state index is 0.316. The monoisotopic (exact) mass is 351 g/mol. The van der Waals surface area contributed by atoms with Crippen LogP contribution in [0.15, 0.2) is 40.2 Å². The molecule has 0 saturated carbocycles. The molecule has 0 amide bonds. The van der Waals surface area contributed by atoms with Crippen molar-refractivity contribution in [2.75, 3.05) is 5.73 Å². The smallest absolute Gasteiger partial charge is 0.138 e. The number of benzene rings is 1. The molecule has 0 radical (unpaired) electrons. The summed E-state index contributed by atoms with van der Waals surface area (Å²) in [5.41, 5.74) is 8.36. The van der Waals surface area contributed by atoms with E-state index in [2.05, 4.69) is 21.0 Å². The molecule has 2 heterocycles. The van der Waals surface area contributed by atoms with E-state index in [0.29, 0.717) is 21.5 Å². The SMILES string of the molecule is Cn1nc(-c2ccc(Br)c(F)c2)c(-c2cccs2)c1N. The van der Waals surface area contributed by atoms with Crippen LogP contribution >= 0.6 is 27.3 Å². The maximum atomic E-state index is 13.7. The lowest BCUT2D eigenvalue weighted by atomic mass is 10.1. The molecule has 0 aliphatic heterocycles. The highest BCUT2D eigenvalue weighted by Gasteiger charge is 2.18. The molecule has 1 aromatic carbocycles. The lowest BCUT2D eigenvalue weighted by Crippen LogP contribution is -1.97. The Morgan fingerprint density at radius 1 is 1.35 bits per heavy atom. The number of aryl methyl sites for hydroxylation is 1. The Bertz CT molecular complexity index is 765. The summed E-state index contributed by atoms with van der Waals surface area (Å²) in [6.45, 7) is 0. The van der Waals surface area contributed by atoms with E-state index in [4.69, 9.17) is 5.73 Å². The molecule has 0 bridgehead atoms. The van der Waals surface area contributed by atoms with Crippen molar-refractivity contribution in [2.45, 2.75) is 0 Å². The third-order valence-corrected chi connectivity index (χ3v) is 4.58. The lowest BCUT2D eigenvalue weighted by molar-refractivity contribution is 0.621. The van der Waals surface area contributed by atoms with Gasteiger partial charge in [0.15, 0.2) is 0 Å². The zero-order chi connectivity index (χ0) is 14.3. The number of nitrogens with zero attached hydrogens (tertiary/aromatic N) is 2. The number of hydrogen-bond acceptors (Lipinski definition) is 3. The van der Waals surface area contributed by atoms with Crippen LogP contribution in [0.1, 0.15) is 0 Å². The Balaban J connectivity index is 2.24. The van der Waals surface area contributed by atoms with Crippen LogP contribution in [0, 0.1) is 5.82 Å². The number of anilines is 1. The summed E-state index contributed by atoms with van der Waals surface area (Å²) in [5, 5.41) is 6.40. The predicted molar refractivity (Wildman–Crippen MR) is 84.0 cm³/mol. The molecule has 0 spiro atoms. The molecule has 2 aromatic heterocycles. The standard InChI is InChI=1S/C14H11BrFN3S/c1-19-14(17)12(11-3-2-6-20-11)13(18-19)8-4-5-9(15)10(16)7-8/h2-7H,17H2,1H3. The maximum absolute atomic E-state index is 13.7. The van der Waals surface area contributed by atoms with Gasteiger partial charge in [0.2, 0.25) is 0 Å². The first-order valence-electron chi connectivity index (χ1n) is 5.89. The van der Waals surface area contributed by atoms with E-state index in [-0.39, 0.29) is 5.82 Å². The summed E-state index contributed by atoms with van der Waals surface area (Å²) in [6.07, 6.45) is 0. The topological polar surface area (TPSA) is 43.8 Å². The molecule has 3 aromatic rings. The summed E-state index contributed by atoms with van der Waals surface area (Å²) in [6, 6.07) is 8.90. The molecule has 0 unspecified atom stereocenters. The van der Waals surface area contributed by atoms with Crippen LogP contribution in [-0.2, 0) is 7.05 Å². The van der Waals surface area contributed by atoms with Crippen molar-refractivity contribution in [2.24, 2.45) is 7.05 Å². The molecular weight excluding hydrogens is 341 g/mol. The molecule has 20 heavy (non-hydrogen) atoms. The molecule has 0 fully saturated rings. The van der Waals surface area contributed by atoms with Crippen LogP contribution in [-0.4, -0.2) is 9.78 Å². The first-order valence-corrected chi connectivity index (χ1v) is 7.57. The lowest BCUT2D eigenvalue weighted by Gasteiger charge is -2.03. The Morgan fingerprint density at radius 3 is 2.80 bits per heavy atom. The normalized spacial score (nSPS) is 10.9. The fourth-order valence-corrected chi connectivity index (χ4v) is 3.07. The fraction of sp³-hybridized carbons (Fsp3) is 0.0714. The van der Waals surface area contributed by atoms with Crippen LogP contribution in [0.2, 0.25) is 0 Å². The Kier molecular flexibility index (Phi) is 3.35. The third-order valence-electron chi connectivity index (χ3n) is 3.05. The van der Waals surface area contributed by atoms with E-state index in [1.165, 1.54) is 6.07 Å². The summed E-state index contributed by atoms with van der Waals surface area (Å²) in [7, 11) is 1.78. The third kappa shape index (κ3) is 2.14. The average Bonchev–Trinajstić information content (AvgIpc) is 3.03. The molecule has 3 nitrogen and oxygen atoms in total. The molecule has 0 saturated heterocycles. The second-order valence-corrected chi connectivity index (χ2v) is 6.14. The van der Waals surface area contributed by atoms with Gasteiger partial charge in [0.25, 0.3) is 0 Å². The highest BCUT2D eigenvalue weighted by molar-refractivity contribution is 9.10. The zero-order valence-corrected chi connectivity index (χ0v) is 13.0. The van der Waals surface area contributed by atoms with Crippen molar-refractivity contribution < 1.29 is 4.39 Å². The van der Waals surface area contributed by atoms with Gasteiger partial charge in [-0.1, -0.05) is 12.1 Å². The quantitative estimate of drug-likeness (QED) is 0.747. The van der Waals surface area contributed by atoms with Crippen molar-refractivity contribution in [1.29, 1.82) is 0 Å². The van der Waals surface area contributed by atoms with Gasteiger partial charge in [0.1, 0.15) is 17.3 Å². The van der Waals surface area contributed by atoms with Crippen molar-refractivity contribution in [3.63, 3.8) is 0 Å². The Hall–Kier alpha value is -1.66. The van der Waals surface area contributed by atoms with Crippen LogP contribution in [0.3, 0.4) is 0 Å². The van der Waals surface area contributed by atoms with E-state index in [0.717, 1.165) is 10.4 Å². The Labute approximate surface area is 128 Å². The summed E-state index contributed by atoms with van der Waals surface area (Å²) in [4.78, 5) is 1.02. The van der Waals surface area contributed by atoms with Gasteiger partial charge in [-0.3, -0.25) is 4.68 Å². The first kappa shape index (κ1) is 13.3. The van der Waals surface area contributed by atoms with Gasteiger partial charge >= 0.3 is 0 Å². The van der Waals surface area contributed by atoms with E-state index in [1.54, 1.807) is 29.1 Å². The summed E-state index contributed by atoms with van der Waals surface area (Å²) in [5.74, 6) is 0.259. The summed E-state index contributed by atoms with van der Waals surface area (Å²) >= 11 is 4.74. The number of hydrogen-bond donors (Lipinski definition) is 1. The van der Waals surface area contributed by atoms with Gasteiger partial charge < -0.3 is 5.73 Å². The molecule has 3 rings (SSSR count). The predicted octanol–water partition coefficient (Wildman–Crippen LogP) is 4.30. The minimum atomic E-state index is -0.316. The zero-order valence-electron chi connectivity index (χ0n) is 10.6. The van der Waals surface area contributed by atoms with E-state index < -0.39 is 0 Å². The number of nitrogen functional groups attached to an aromatic ring is 1. The molecular formula is C14H11BrFN3S. The Morgan fingerprint density at radius 2 is 2.15 bits per heavy atom. The molecule has 0 aliphatic rings. The largest absolute Gasteiger partial charge is 0.383 e. The molecule has 0 atom stereocenters. The molecule has 102 valence electrons.